The van der Waals surface area contributed by atoms with Crippen LogP contribution in [0, 0.1) is 0 Å². The normalized spacial score (nSPS) is 17.3. The molecule has 2 aliphatic heterocycles. The summed E-state index contributed by atoms with van der Waals surface area (Å²) in [6.45, 7) is 3.71. The first-order chi connectivity index (χ1) is 16.6. The molecule has 2 amide bonds. The lowest BCUT2D eigenvalue weighted by Crippen LogP contribution is -2.48. The number of likely N-dealkylation sites (tertiary alicyclic amines) is 1. The van der Waals surface area contributed by atoms with Crippen molar-refractivity contribution < 1.29 is 27.9 Å². The Hall–Kier alpha value is -2.99. The number of benzene rings is 1. The maximum absolute atomic E-state index is 12.3. The Balaban J connectivity index is 0.000000402. The highest BCUT2D eigenvalue weighted by Gasteiger charge is 2.47. The number of carbonyl (C=O) groups excluding carboxylic acids is 3. The van der Waals surface area contributed by atoms with E-state index < -0.39 is 22.8 Å². The molecular weight excluding hydrogens is 474 g/mol. The molecule has 2 heterocycles. The lowest BCUT2D eigenvalue weighted by Gasteiger charge is -2.37. The van der Waals surface area contributed by atoms with Crippen LogP contribution in [0.4, 0.5) is 4.79 Å². The third kappa shape index (κ3) is 9.65. The van der Waals surface area contributed by atoms with Crippen molar-refractivity contribution in [3.05, 3.63) is 30.3 Å². The Morgan fingerprint density at radius 2 is 1.80 bits per heavy atom. The largest absolute Gasteiger partial charge is 0.768 e. The zero-order chi connectivity index (χ0) is 25.8. The van der Waals surface area contributed by atoms with Crippen molar-refractivity contribution in [1.29, 1.82) is 0 Å². The average molecular weight is 509 g/mol. The van der Waals surface area contributed by atoms with Crippen molar-refractivity contribution in [2.24, 2.45) is 16.5 Å². The Morgan fingerprint density at radius 3 is 2.34 bits per heavy atom. The van der Waals surface area contributed by atoms with Gasteiger partial charge >= 0.3 is 6.09 Å². The first-order valence-corrected chi connectivity index (χ1v) is 12.6. The topological polar surface area (TPSA) is 171 Å². The van der Waals surface area contributed by atoms with E-state index >= 15 is 0 Å². The molecule has 4 N–H and O–H groups in total. The van der Waals surface area contributed by atoms with E-state index in [9.17, 15) is 23.1 Å². The highest BCUT2D eigenvalue weighted by Crippen LogP contribution is 2.33. The second-order valence-corrected chi connectivity index (χ2v) is 9.60. The van der Waals surface area contributed by atoms with E-state index in [4.69, 9.17) is 16.2 Å². The van der Waals surface area contributed by atoms with E-state index in [0.717, 1.165) is 19.3 Å². The number of piperidine rings is 1. The summed E-state index contributed by atoms with van der Waals surface area (Å²) in [7, 11) is 0. The van der Waals surface area contributed by atoms with E-state index in [1.165, 1.54) is 11.8 Å². The zero-order valence-corrected chi connectivity index (χ0v) is 20.8. The zero-order valence-electron chi connectivity index (χ0n) is 20.0. The number of guanidine groups is 1. The molecule has 35 heavy (non-hydrogen) atoms. The SMILES string of the molecule is CC(=O)CN1CC2(CCN(C(=O)CCCCCN=C(N)N)CC2)OC1=O.O=S([O-])c1ccccc1. The number of unbranched alkanes of at least 4 members (excludes halogenated alkanes) is 2. The molecule has 2 fully saturated rings. The molecule has 1 atom stereocenters. The molecule has 0 bridgehead atoms. The van der Waals surface area contributed by atoms with Crippen LogP contribution < -0.4 is 11.5 Å². The minimum atomic E-state index is -2.08. The number of hydrogen-bond acceptors (Lipinski definition) is 7. The van der Waals surface area contributed by atoms with Gasteiger partial charge in [0.25, 0.3) is 0 Å². The highest BCUT2D eigenvalue weighted by molar-refractivity contribution is 7.79. The Morgan fingerprint density at radius 1 is 1.14 bits per heavy atom. The fourth-order valence-electron chi connectivity index (χ4n) is 3.97. The van der Waals surface area contributed by atoms with Crippen molar-refractivity contribution in [2.45, 2.75) is 55.9 Å². The van der Waals surface area contributed by atoms with Crippen LogP contribution in [0.1, 0.15) is 45.4 Å². The van der Waals surface area contributed by atoms with Crippen LogP contribution in [-0.2, 0) is 25.4 Å². The summed E-state index contributed by atoms with van der Waals surface area (Å²) in [6, 6.07) is 8.23. The first-order valence-electron chi connectivity index (χ1n) is 11.6. The number of nitrogens with two attached hydrogens (primary N) is 2. The van der Waals surface area contributed by atoms with E-state index in [0.29, 0.717) is 50.3 Å². The van der Waals surface area contributed by atoms with Gasteiger partial charge in [0.1, 0.15) is 11.4 Å². The molecule has 0 radical (unpaired) electrons. The van der Waals surface area contributed by atoms with Gasteiger partial charge in [0.05, 0.1) is 13.1 Å². The quantitative estimate of drug-likeness (QED) is 0.216. The van der Waals surface area contributed by atoms with Crippen LogP contribution in [0.5, 0.6) is 0 Å². The third-order valence-corrected chi connectivity index (χ3v) is 6.42. The molecule has 1 unspecified atom stereocenters. The van der Waals surface area contributed by atoms with Crippen LogP contribution in [0.15, 0.2) is 40.2 Å². The molecule has 11 nitrogen and oxygen atoms in total. The molecule has 0 aliphatic carbocycles. The predicted molar refractivity (Wildman–Crippen MR) is 130 cm³/mol. The number of carbonyl (C=O) groups is 3. The average Bonchev–Trinajstić information content (AvgIpc) is 3.10. The summed E-state index contributed by atoms with van der Waals surface area (Å²) in [5.41, 5.74) is 9.97. The summed E-state index contributed by atoms with van der Waals surface area (Å²) < 4.78 is 25.9. The molecule has 1 aromatic carbocycles. The van der Waals surface area contributed by atoms with Crippen molar-refractivity contribution in [1.82, 2.24) is 9.80 Å². The number of hydrogen-bond donors (Lipinski definition) is 2. The Bertz CT molecular complexity index is 914. The van der Waals surface area contributed by atoms with Gasteiger partial charge in [-0.25, -0.2) is 4.79 Å². The van der Waals surface area contributed by atoms with Gasteiger partial charge in [-0.1, -0.05) is 24.6 Å². The molecule has 2 saturated heterocycles. The van der Waals surface area contributed by atoms with E-state index in [-0.39, 0.29) is 24.2 Å². The smallest absolute Gasteiger partial charge is 0.410 e. The van der Waals surface area contributed by atoms with E-state index in [2.05, 4.69) is 4.99 Å². The molecule has 3 rings (SSSR count). The number of ketones is 1. The van der Waals surface area contributed by atoms with Crippen LogP contribution in [-0.4, -0.2) is 80.6 Å². The van der Waals surface area contributed by atoms with E-state index in [1.54, 1.807) is 30.3 Å². The predicted octanol–water partition coefficient (Wildman–Crippen LogP) is 1.15. The summed E-state index contributed by atoms with van der Waals surface area (Å²) in [6.07, 6.45) is 3.87. The van der Waals surface area contributed by atoms with Crippen LogP contribution >= 0.6 is 0 Å². The van der Waals surface area contributed by atoms with Gasteiger partial charge in [0, 0.05) is 43.8 Å². The van der Waals surface area contributed by atoms with Gasteiger partial charge in [0.15, 0.2) is 5.96 Å². The van der Waals surface area contributed by atoms with Gasteiger partial charge in [0.2, 0.25) is 5.91 Å². The molecule has 12 heteroatoms. The molecule has 1 aromatic rings. The molecule has 0 saturated carbocycles. The lowest BCUT2D eigenvalue weighted by atomic mass is 9.91. The molecule has 0 aromatic heterocycles. The first kappa shape index (κ1) is 28.2. The minimum absolute atomic E-state index is 0.0635. The summed E-state index contributed by atoms with van der Waals surface area (Å²) in [5.74, 6) is 0.163. The second-order valence-electron chi connectivity index (χ2n) is 8.65. The van der Waals surface area contributed by atoms with Gasteiger partial charge < -0.3 is 25.7 Å². The van der Waals surface area contributed by atoms with E-state index in [1.807, 2.05) is 4.90 Å². The number of ether oxygens (including phenoxy) is 1. The van der Waals surface area contributed by atoms with Crippen LogP contribution in [0.2, 0.25) is 0 Å². The fraction of sp³-hybridized carbons (Fsp3) is 0.565. The number of amides is 2. The standard InChI is InChI=1S/C17H29N5O4.C6H6O2S/c1-13(23)11-22-12-17(26-16(22)25)6-9-21(10-7-17)14(24)5-3-2-4-8-20-15(18)19;7-9(8)6-4-2-1-3-5-6/h2-12H2,1H3,(H4,18,19,20);1-5H,(H,7,8)/p-1. The monoisotopic (exact) mass is 508 g/mol. The fourth-order valence-corrected chi connectivity index (χ4v) is 4.35. The Labute approximate surface area is 208 Å². The van der Waals surface area contributed by atoms with Crippen molar-refractivity contribution in [3.63, 3.8) is 0 Å². The molecule has 2 aliphatic rings. The highest BCUT2D eigenvalue weighted by atomic mass is 32.2. The minimum Gasteiger partial charge on any atom is -0.768 e. The lowest BCUT2D eigenvalue weighted by molar-refractivity contribution is -0.134. The number of rotatable bonds is 9. The van der Waals surface area contributed by atoms with Gasteiger partial charge in [-0.05, 0) is 43.0 Å². The number of aliphatic imine (C=N–C) groups is 1. The van der Waals surface area contributed by atoms with Gasteiger partial charge in [-0.15, -0.1) is 0 Å². The Kier molecular flexibility index (Phi) is 11.1. The summed E-state index contributed by atoms with van der Waals surface area (Å²) in [5, 5.41) is 0. The van der Waals surface area contributed by atoms with Crippen LogP contribution in [0.25, 0.3) is 0 Å². The second kappa shape index (κ2) is 13.8. The van der Waals surface area contributed by atoms with Crippen molar-refractivity contribution in [2.75, 3.05) is 32.7 Å². The van der Waals surface area contributed by atoms with Crippen LogP contribution in [0.3, 0.4) is 0 Å². The molecular formula is C23H34N5O6S-. The number of Topliss-reactive ketones (excluding diaryl/α,β-unsaturated/α-hetero) is 1. The molecule has 194 valence electrons. The molecule has 1 spiro atoms. The maximum Gasteiger partial charge on any atom is 0.410 e. The number of nitrogens with zero attached hydrogens (tertiary/aromatic N) is 3. The van der Waals surface area contributed by atoms with Gasteiger partial charge in [-0.2, -0.15) is 0 Å². The van der Waals surface area contributed by atoms with Crippen molar-refractivity contribution in [3.8, 4) is 0 Å². The maximum atomic E-state index is 12.3. The van der Waals surface area contributed by atoms with Gasteiger partial charge in [-0.3, -0.25) is 23.7 Å². The third-order valence-electron chi connectivity index (χ3n) is 5.76. The summed E-state index contributed by atoms with van der Waals surface area (Å²) in [4.78, 5) is 43.0. The summed E-state index contributed by atoms with van der Waals surface area (Å²) >= 11 is -2.08. The van der Waals surface area contributed by atoms with Crippen molar-refractivity contribution >= 4 is 34.8 Å².